The monoisotopic (exact) mass is 388 g/mol. The Morgan fingerprint density at radius 1 is 0.759 bits per heavy atom. The van der Waals surface area contributed by atoms with Gasteiger partial charge in [-0.2, -0.15) is 0 Å². The fourth-order valence-corrected chi connectivity index (χ4v) is 4.11. The van der Waals surface area contributed by atoms with Gasteiger partial charge < -0.3 is 4.74 Å². The number of rotatable bonds is 8. The molecule has 154 valence electrons. The van der Waals surface area contributed by atoms with Crippen LogP contribution in [0.3, 0.4) is 0 Å². The van der Waals surface area contributed by atoms with Crippen molar-refractivity contribution in [3.63, 3.8) is 0 Å². The fraction of sp³-hybridized carbons (Fsp3) is 0.500. The van der Waals surface area contributed by atoms with E-state index in [-0.39, 0.29) is 0 Å². The summed E-state index contributed by atoms with van der Waals surface area (Å²) in [5.41, 5.74) is 3.61. The maximum atomic E-state index is 5.83. The Kier molecular flexibility index (Phi) is 8.69. The lowest BCUT2D eigenvalue weighted by molar-refractivity contribution is 0.304. The van der Waals surface area contributed by atoms with Gasteiger partial charge in [0.05, 0.1) is 6.61 Å². The highest BCUT2D eigenvalue weighted by Crippen LogP contribution is 2.35. The summed E-state index contributed by atoms with van der Waals surface area (Å²) >= 11 is 0. The van der Waals surface area contributed by atoms with E-state index in [9.17, 15) is 0 Å². The average Bonchev–Trinajstić information content (AvgIpc) is 2.76. The first-order valence-electron chi connectivity index (χ1n) is 11.6. The van der Waals surface area contributed by atoms with E-state index in [1.165, 1.54) is 56.9 Å². The molecule has 2 aromatic carbocycles. The van der Waals surface area contributed by atoms with Crippen LogP contribution in [-0.2, 0) is 0 Å². The summed E-state index contributed by atoms with van der Waals surface area (Å²) in [5, 5.41) is 0. The van der Waals surface area contributed by atoms with Gasteiger partial charge in [-0.15, -0.1) is 0 Å². The predicted octanol–water partition coefficient (Wildman–Crippen LogP) is 7.73. The standard InChI is InChI=1S/C28H36O/c1-3-4-5-6-7-22-29-28-20-14-25(15-21-28)11-10-24-12-18-27(19-13-24)26-16-8-23(2)9-17-26/h12-15,18-21,23,26H,3-9,16-17,22H2,1-2H3. The van der Waals surface area contributed by atoms with Crippen LogP contribution in [0.1, 0.15) is 94.2 Å². The van der Waals surface area contributed by atoms with E-state index in [4.69, 9.17) is 4.74 Å². The van der Waals surface area contributed by atoms with E-state index in [1.54, 1.807) is 0 Å². The minimum absolute atomic E-state index is 0.743. The van der Waals surface area contributed by atoms with Crippen LogP contribution in [0.25, 0.3) is 0 Å². The van der Waals surface area contributed by atoms with Crippen LogP contribution in [0.4, 0.5) is 0 Å². The third kappa shape index (κ3) is 7.28. The number of ether oxygens (including phenoxy) is 1. The lowest BCUT2D eigenvalue weighted by atomic mass is 9.79. The molecule has 0 saturated heterocycles. The van der Waals surface area contributed by atoms with E-state index in [1.807, 2.05) is 12.1 Å². The van der Waals surface area contributed by atoms with Crippen molar-refractivity contribution in [1.82, 2.24) is 0 Å². The maximum absolute atomic E-state index is 5.83. The summed E-state index contributed by atoms with van der Waals surface area (Å²) in [6.45, 7) is 5.43. The number of hydrogen-bond acceptors (Lipinski definition) is 1. The molecule has 1 fully saturated rings. The molecule has 0 aliphatic heterocycles. The molecule has 1 aliphatic rings. The van der Waals surface area contributed by atoms with Crippen LogP contribution in [0, 0.1) is 17.8 Å². The first kappa shape index (κ1) is 21.5. The van der Waals surface area contributed by atoms with Crippen molar-refractivity contribution in [2.24, 2.45) is 5.92 Å². The van der Waals surface area contributed by atoms with Crippen molar-refractivity contribution in [3.05, 3.63) is 65.2 Å². The molecule has 29 heavy (non-hydrogen) atoms. The molecule has 0 amide bonds. The zero-order valence-corrected chi connectivity index (χ0v) is 18.3. The highest BCUT2D eigenvalue weighted by atomic mass is 16.5. The second kappa shape index (κ2) is 11.7. The van der Waals surface area contributed by atoms with Gasteiger partial charge in [-0.3, -0.25) is 0 Å². The van der Waals surface area contributed by atoms with Crippen molar-refractivity contribution in [1.29, 1.82) is 0 Å². The molecular weight excluding hydrogens is 352 g/mol. The van der Waals surface area contributed by atoms with Crippen LogP contribution >= 0.6 is 0 Å². The van der Waals surface area contributed by atoms with Crippen molar-refractivity contribution in [2.45, 2.75) is 77.6 Å². The molecule has 0 aromatic heterocycles. The second-order valence-corrected chi connectivity index (χ2v) is 8.62. The van der Waals surface area contributed by atoms with Gasteiger partial charge in [0.15, 0.2) is 0 Å². The van der Waals surface area contributed by atoms with Crippen molar-refractivity contribution >= 4 is 0 Å². The summed E-state index contributed by atoms with van der Waals surface area (Å²) in [5.74, 6) is 9.16. The smallest absolute Gasteiger partial charge is 0.119 e. The van der Waals surface area contributed by atoms with Gasteiger partial charge in [0.25, 0.3) is 0 Å². The molecule has 0 atom stereocenters. The van der Waals surface area contributed by atoms with E-state index in [0.717, 1.165) is 41.7 Å². The van der Waals surface area contributed by atoms with Gasteiger partial charge in [0.1, 0.15) is 5.75 Å². The van der Waals surface area contributed by atoms with Gasteiger partial charge in [0, 0.05) is 11.1 Å². The molecule has 3 rings (SSSR count). The van der Waals surface area contributed by atoms with Crippen molar-refractivity contribution in [2.75, 3.05) is 6.61 Å². The van der Waals surface area contributed by atoms with E-state index in [0.29, 0.717) is 0 Å². The van der Waals surface area contributed by atoms with Gasteiger partial charge in [-0.05, 0) is 73.1 Å². The molecule has 0 spiro atoms. The Hall–Kier alpha value is -2.20. The second-order valence-electron chi connectivity index (χ2n) is 8.62. The molecule has 1 aliphatic carbocycles. The zero-order chi connectivity index (χ0) is 20.3. The summed E-state index contributed by atoms with van der Waals surface area (Å²) in [6.07, 6.45) is 11.7. The molecule has 0 bridgehead atoms. The lowest BCUT2D eigenvalue weighted by Crippen LogP contribution is -2.10. The Balaban J connectivity index is 1.47. The van der Waals surface area contributed by atoms with Gasteiger partial charge in [-0.1, -0.05) is 76.3 Å². The first-order valence-corrected chi connectivity index (χ1v) is 11.6. The van der Waals surface area contributed by atoms with E-state index in [2.05, 4.69) is 62.1 Å². The van der Waals surface area contributed by atoms with Crippen molar-refractivity contribution in [3.8, 4) is 17.6 Å². The summed E-state index contributed by atoms with van der Waals surface area (Å²) in [6, 6.07) is 17.1. The lowest BCUT2D eigenvalue weighted by Gasteiger charge is -2.26. The molecule has 0 radical (unpaired) electrons. The molecular formula is C28H36O. The Labute approximate surface area is 177 Å². The van der Waals surface area contributed by atoms with E-state index < -0.39 is 0 Å². The number of unbranched alkanes of at least 4 members (excludes halogenated alkanes) is 4. The minimum atomic E-state index is 0.743. The van der Waals surface area contributed by atoms with Gasteiger partial charge >= 0.3 is 0 Å². The molecule has 0 N–H and O–H groups in total. The molecule has 2 aromatic rings. The molecule has 1 nitrogen and oxygen atoms in total. The first-order chi connectivity index (χ1) is 14.2. The molecule has 1 heteroatoms. The number of hydrogen-bond donors (Lipinski definition) is 0. The topological polar surface area (TPSA) is 9.23 Å². The highest BCUT2D eigenvalue weighted by Gasteiger charge is 2.19. The summed E-state index contributed by atoms with van der Waals surface area (Å²) in [7, 11) is 0. The predicted molar refractivity (Wildman–Crippen MR) is 123 cm³/mol. The molecule has 0 unspecified atom stereocenters. The summed E-state index contributed by atoms with van der Waals surface area (Å²) < 4.78 is 5.83. The molecule has 0 heterocycles. The van der Waals surface area contributed by atoms with E-state index >= 15 is 0 Å². The average molecular weight is 389 g/mol. The third-order valence-electron chi connectivity index (χ3n) is 6.12. The van der Waals surface area contributed by atoms with Crippen LogP contribution in [-0.4, -0.2) is 6.61 Å². The van der Waals surface area contributed by atoms with Crippen molar-refractivity contribution < 1.29 is 4.74 Å². The Morgan fingerprint density at radius 2 is 1.34 bits per heavy atom. The summed E-state index contributed by atoms with van der Waals surface area (Å²) in [4.78, 5) is 0. The molecule has 1 saturated carbocycles. The maximum Gasteiger partial charge on any atom is 0.119 e. The van der Waals surface area contributed by atoms with Gasteiger partial charge in [0.2, 0.25) is 0 Å². The fourth-order valence-electron chi connectivity index (χ4n) is 4.11. The van der Waals surface area contributed by atoms with Gasteiger partial charge in [-0.25, -0.2) is 0 Å². The van der Waals surface area contributed by atoms with Crippen LogP contribution in [0.15, 0.2) is 48.5 Å². The quantitative estimate of drug-likeness (QED) is 0.332. The SMILES string of the molecule is CCCCCCCOc1ccc(C#Cc2ccc(C3CCC(C)CC3)cc2)cc1. The number of benzene rings is 2. The largest absolute Gasteiger partial charge is 0.494 e. The minimum Gasteiger partial charge on any atom is -0.494 e. The Morgan fingerprint density at radius 3 is 1.97 bits per heavy atom. The zero-order valence-electron chi connectivity index (χ0n) is 18.3. The normalized spacial score (nSPS) is 18.7. The Bertz CT molecular complexity index is 768. The van der Waals surface area contributed by atoms with Crippen LogP contribution < -0.4 is 4.74 Å². The highest BCUT2D eigenvalue weighted by molar-refractivity contribution is 5.45. The third-order valence-corrected chi connectivity index (χ3v) is 6.12. The van der Waals surface area contributed by atoms with Crippen LogP contribution in [0.2, 0.25) is 0 Å². The van der Waals surface area contributed by atoms with Crippen LogP contribution in [0.5, 0.6) is 5.75 Å².